The van der Waals surface area contributed by atoms with Gasteiger partial charge in [0.25, 0.3) is 0 Å². The number of amides is 2. The van der Waals surface area contributed by atoms with Crippen molar-refractivity contribution >= 4 is 17.8 Å². The molecule has 0 aliphatic carbocycles. The second-order valence-corrected chi connectivity index (χ2v) is 4.68. The van der Waals surface area contributed by atoms with Crippen LogP contribution in [0.2, 0.25) is 0 Å². The molecule has 0 aromatic carbocycles. The molecule has 7 heteroatoms. The lowest BCUT2D eigenvalue weighted by Crippen LogP contribution is -2.41. The molecule has 0 aromatic rings. The van der Waals surface area contributed by atoms with E-state index in [0.717, 1.165) is 19.3 Å². The molecule has 0 bridgehead atoms. The highest BCUT2D eigenvalue weighted by molar-refractivity contribution is 5.83. The van der Waals surface area contributed by atoms with Crippen molar-refractivity contribution in [2.75, 3.05) is 0 Å². The van der Waals surface area contributed by atoms with Crippen molar-refractivity contribution in [1.82, 2.24) is 10.9 Å². The second kappa shape index (κ2) is 11.2. The highest BCUT2D eigenvalue weighted by Gasteiger charge is 2.09. The largest absolute Gasteiger partial charge is 0.481 e. The van der Waals surface area contributed by atoms with E-state index in [1.807, 2.05) is 0 Å². The normalized spacial score (nSPS) is 11.7. The summed E-state index contributed by atoms with van der Waals surface area (Å²) in [5.41, 5.74) is 4.32. The van der Waals surface area contributed by atoms with Crippen LogP contribution in [0.4, 0.5) is 0 Å². The first-order chi connectivity index (χ1) is 9.45. The zero-order valence-corrected chi connectivity index (χ0v) is 11.9. The number of aliphatic hydroxyl groups excluding tert-OH is 1. The molecule has 1 atom stereocenters. The van der Waals surface area contributed by atoms with Gasteiger partial charge in [0.15, 0.2) is 0 Å². The molecule has 0 unspecified atom stereocenters. The number of unbranched alkanes of at least 4 members (excludes halogenated alkanes) is 2. The number of nitrogens with one attached hydrogen (secondary N) is 2. The van der Waals surface area contributed by atoms with Gasteiger partial charge in [-0.05, 0) is 12.8 Å². The Morgan fingerprint density at radius 3 is 2.10 bits per heavy atom. The molecule has 0 radical (unpaired) electrons. The minimum Gasteiger partial charge on any atom is -0.481 e. The predicted octanol–water partition coefficient (Wildman–Crippen LogP) is 0.720. The highest BCUT2D eigenvalue weighted by atomic mass is 16.4. The molecule has 7 nitrogen and oxygen atoms in total. The summed E-state index contributed by atoms with van der Waals surface area (Å²) in [5, 5.41) is 18.0. The Labute approximate surface area is 118 Å². The summed E-state index contributed by atoms with van der Waals surface area (Å²) in [5.74, 6) is -2.02. The fourth-order valence-electron chi connectivity index (χ4n) is 1.56. The monoisotopic (exact) mass is 288 g/mol. The minimum absolute atomic E-state index is 0.118. The summed E-state index contributed by atoms with van der Waals surface area (Å²) in [7, 11) is 0. The van der Waals surface area contributed by atoms with Gasteiger partial charge in [-0.2, -0.15) is 0 Å². The maximum Gasteiger partial charge on any atom is 0.303 e. The number of hydrogen-bond donors (Lipinski definition) is 4. The van der Waals surface area contributed by atoms with Crippen LogP contribution in [0.1, 0.15) is 58.3 Å². The first kappa shape index (κ1) is 18.4. The second-order valence-electron chi connectivity index (χ2n) is 4.68. The number of carbonyl (C=O) groups is 3. The Kier molecular flexibility index (Phi) is 10.3. The molecule has 2 amide bonds. The maximum absolute atomic E-state index is 11.4. The van der Waals surface area contributed by atoms with Crippen LogP contribution in [0, 0.1) is 0 Å². The van der Waals surface area contributed by atoms with Crippen LogP contribution < -0.4 is 10.9 Å². The molecule has 0 aromatic heterocycles. The van der Waals surface area contributed by atoms with Gasteiger partial charge < -0.3 is 10.2 Å². The Hall–Kier alpha value is -1.63. The van der Waals surface area contributed by atoms with Crippen molar-refractivity contribution < 1.29 is 24.6 Å². The first-order valence-corrected chi connectivity index (χ1v) is 6.93. The van der Waals surface area contributed by atoms with Crippen LogP contribution in [0.3, 0.4) is 0 Å². The third kappa shape index (κ3) is 11.5. The van der Waals surface area contributed by atoms with E-state index in [4.69, 9.17) is 5.11 Å². The van der Waals surface area contributed by atoms with E-state index in [9.17, 15) is 19.5 Å². The van der Waals surface area contributed by atoms with E-state index in [1.165, 1.54) is 0 Å². The molecule has 0 aliphatic heterocycles. The topological polar surface area (TPSA) is 116 Å². The molecule has 20 heavy (non-hydrogen) atoms. The van der Waals surface area contributed by atoms with Gasteiger partial charge in [0.2, 0.25) is 11.8 Å². The van der Waals surface area contributed by atoms with Crippen LogP contribution in [-0.2, 0) is 14.4 Å². The first-order valence-electron chi connectivity index (χ1n) is 6.93. The van der Waals surface area contributed by atoms with Crippen LogP contribution in [0.5, 0.6) is 0 Å². The quantitative estimate of drug-likeness (QED) is 0.349. The number of aliphatic carboxylic acids is 1. The average molecular weight is 288 g/mol. The summed E-state index contributed by atoms with van der Waals surface area (Å²) in [6.45, 7) is 2.08. The lowest BCUT2D eigenvalue weighted by Gasteiger charge is -2.10. The van der Waals surface area contributed by atoms with E-state index in [-0.39, 0.29) is 19.3 Å². The van der Waals surface area contributed by atoms with Gasteiger partial charge in [0.05, 0.1) is 12.5 Å². The number of aliphatic hydroxyl groups is 1. The fourth-order valence-corrected chi connectivity index (χ4v) is 1.56. The van der Waals surface area contributed by atoms with Crippen molar-refractivity contribution in [1.29, 1.82) is 0 Å². The van der Waals surface area contributed by atoms with Gasteiger partial charge in [0, 0.05) is 12.8 Å². The third-order valence-electron chi connectivity index (χ3n) is 2.75. The van der Waals surface area contributed by atoms with Gasteiger partial charge in [-0.3, -0.25) is 25.2 Å². The van der Waals surface area contributed by atoms with Gasteiger partial charge in [-0.1, -0.05) is 26.2 Å². The van der Waals surface area contributed by atoms with Crippen LogP contribution in [-0.4, -0.2) is 34.1 Å². The zero-order chi connectivity index (χ0) is 15.4. The smallest absolute Gasteiger partial charge is 0.303 e. The molecule has 0 rings (SSSR count). The third-order valence-corrected chi connectivity index (χ3v) is 2.75. The van der Waals surface area contributed by atoms with E-state index in [2.05, 4.69) is 17.8 Å². The van der Waals surface area contributed by atoms with Crippen molar-refractivity contribution in [2.45, 2.75) is 64.4 Å². The molecule has 4 N–H and O–H groups in total. The number of hydrazine groups is 1. The highest BCUT2D eigenvalue weighted by Crippen LogP contribution is 2.07. The lowest BCUT2D eigenvalue weighted by atomic mass is 10.1. The van der Waals surface area contributed by atoms with Crippen molar-refractivity contribution in [2.24, 2.45) is 0 Å². The fraction of sp³-hybridized carbons (Fsp3) is 0.769. The number of carbonyl (C=O) groups excluding carboxylic acids is 2. The molecule has 0 heterocycles. The molecule has 0 saturated carbocycles. The number of hydrogen-bond acceptors (Lipinski definition) is 4. The molecule has 0 spiro atoms. The van der Waals surface area contributed by atoms with E-state index in [0.29, 0.717) is 12.8 Å². The predicted molar refractivity (Wildman–Crippen MR) is 72.5 cm³/mol. The Bertz CT molecular complexity index is 320. The lowest BCUT2D eigenvalue weighted by molar-refractivity contribution is -0.139. The molecular formula is C13H24N2O5. The van der Waals surface area contributed by atoms with Gasteiger partial charge in [-0.25, -0.2) is 0 Å². The van der Waals surface area contributed by atoms with E-state index >= 15 is 0 Å². The summed E-state index contributed by atoms with van der Waals surface area (Å²) >= 11 is 0. The van der Waals surface area contributed by atoms with Crippen LogP contribution in [0.15, 0.2) is 0 Å². The maximum atomic E-state index is 11.4. The number of rotatable bonds is 10. The standard InChI is InChI=1S/C13H24N2O5/c1-2-3-4-5-10(16)6-7-11(17)14-15-12(18)8-9-13(19)20/h10,16H,2-9H2,1H3,(H,14,17)(H,15,18)(H,19,20)/t10-/m0/s1. The molecule has 0 saturated heterocycles. The van der Waals surface area contributed by atoms with Crippen LogP contribution in [0.25, 0.3) is 0 Å². The Morgan fingerprint density at radius 1 is 0.950 bits per heavy atom. The molecule has 0 aliphatic rings. The SMILES string of the molecule is CCCCC[C@H](O)CCC(=O)NNC(=O)CCC(=O)O. The summed E-state index contributed by atoms with van der Waals surface area (Å²) in [6, 6.07) is 0. The molecule has 0 fully saturated rings. The Balaban J connectivity index is 3.62. The van der Waals surface area contributed by atoms with Crippen molar-refractivity contribution in [3.8, 4) is 0 Å². The number of carboxylic acids is 1. The number of carboxylic acid groups (broad SMARTS) is 1. The van der Waals surface area contributed by atoms with Gasteiger partial charge in [0.1, 0.15) is 0 Å². The van der Waals surface area contributed by atoms with E-state index in [1.54, 1.807) is 0 Å². The summed E-state index contributed by atoms with van der Waals surface area (Å²) in [4.78, 5) is 32.7. The minimum atomic E-state index is -1.07. The van der Waals surface area contributed by atoms with E-state index < -0.39 is 23.9 Å². The average Bonchev–Trinajstić information content (AvgIpc) is 2.40. The molecule has 116 valence electrons. The van der Waals surface area contributed by atoms with Gasteiger partial charge >= 0.3 is 5.97 Å². The molecular weight excluding hydrogens is 264 g/mol. The van der Waals surface area contributed by atoms with Crippen molar-refractivity contribution in [3.05, 3.63) is 0 Å². The van der Waals surface area contributed by atoms with Crippen LogP contribution >= 0.6 is 0 Å². The van der Waals surface area contributed by atoms with Gasteiger partial charge in [-0.15, -0.1) is 0 Å². The Morgan fingerprint density at radius 2 is 1.55 bits per heavy atom. The van der Waals surface area contributed by atoms with Crippen molar-refractivity contribution in [3.63, 3.8) is 0 Å². The zero-order valence-electron chi connectivity index (χ0n) is 11.9. The summed E-state index contributed by atoms with van der Waals surface area (Å²) < 4.78 is 0. The summed E-state index contributed by atoms with van der Waals surface area (Å²) in [6.07, 6.45) is 3.24.